The van der Waals surface area contributed by atoms with Crippen molar-refractivity contribution < 1.29 is 19.9 Å². The minimum absolute atomic E-state index is 0.0552. The molecule has 1 aromatic heterocycles. The zero-order chi connectivity index (χ0) is 14.0. The molecule has 2 rings (SSSR count). The summed E-state index contributed by atoms with van der Waals surface area (Å²) in [7, 11) is -1.79. The van der Waals surface area contributed by atoms with Crippen molar-refractivity contribution in [1.82, 2.24) is 9.78 Å². The van der Waals surface area contributed by atoms with E-state index in [2.05, 4.69) is 5.10 Å². The van der Waals surface area contributed by atoms with Crippen LogP contribution in [0.3, 0.4) is 0 Å². The standard InChI is InChI=1S/C11H9BN2O5/c15-10-7(11(16)17)5-6-13-14(10)9-4-2-1-3-8(9)12(18)19/h1-6,18-19H,(H,16,17). The van der Waals surface area contributed by atoms with Crippen molar-refractivity contribution in [1.29, 1.82) is 0 Å². The average molecular weight is 260 g/mol. The molecule has 96 valence electrons. The lowest BCUT2D eigenvalue weighted by molar-refractivity contribution is 0.0694. The van der Waals surface area contributed by atoms with Gasteiger partial charge < -0.3 is 15.2 Å². The van der Waals surface area contributed by atoms with E-state index in [0.717, 1.165) is 16.9 Å². The van der Waals surface area contributed by atoms with Crippen LogP contribution in [0.25, 0.3) is 5.69 Å². The summed E-state index contributed by atoms with van der Waals surface area (Å²) < 4.78 is 0.818. The third kappa shape index (κ3) is 2.39. The second-order valence-corrected chi connectivity index (χ2v) is 3.70. The zero-order valence-corrected chi connectivity index (χ0v) is 9.59. The Hall–Kier alpha value is -2.45. The first-order valence-electron chi connectivity index (χ1n) is 5.29. The Kier molecular flexibility index (Phi) is 3.45. The molecule has 2 aromatic rings. The molecule has 1 heterocycles. The van der Waals surface area contributed by atoms with E-state index in [-0.39, 0.29) is 11.2 Å². The number of para-hydroxylation sites is 1. The van der Waals surface area contributed by atoms with E-state index in [0.29, 0.717) is 0 Å². The molecule has 0 saturated carbocycles. The third-order valence-electron chi connectivity index (χ3n) is 2.52. The number of hydrogen-bond donors (Lipinski definition) is 3. The molecular formula is C11H9BN2O5. The van der Waals surface area contributed by atoms with Crippen LogP contribution >= 0.6 is 0 Å². The fourth-order valence-electron chi connectivity index (χ4n) is 1.65. The Morgan fingerprint density at radius 3 is 2.53 bits per heavy atom. The summed E-state index contributed by atoms with van der Waals surface area (Å²) in [4.78, 5) is 22.8. The summed E-state index contributed by atoms with van der Waals surface area (Å²) >= 11 is 0. The highest BCUT2D eigenvalue weighted by molar-refractivity contribution is 6.60. The van der Waals surface area contributed by atoms with Crippen LogP contribution in [0.5, 0.6) is 0 Å². The topological polar surface area (TPSA) is 113 Å². The van der Waals surface area contributed by atoms with Crippen molar-refractivity contribution in [2.75, 3.05) is 0 Å². The van der Waals surface area contributed by atoms with Gasteiger partial charge in [0.05, 0.1) is 5.69 Å². The molecule has 0 aliphatic carbocycles. The molecule has 0 radical (unpaired) electrons. The number of carboxylic acid groups (broad SMARTS) is 1. The van der Waals surface area contributed by atoms with Gasteiger partial charge in [-0.2, -0.15) is 9.78 Å². The maximum absolute atomic E-state index is 11.9. The van der Waals surface area contributed by atoms with Crippen molar-refractivity contribution in [2.45, 2.75) is 0 Å². The van der Waals surface area contributed by atoms with E-state index in [1.807, 2.05) is 0 Å². The molecule has 7 nitrogen and oxygen atoms in total. The Morgan fingerprint density at radius 1 is 1.21 bits per heavy atom. The second-order valence-electron chi connectivity index (χ2n) is 3.70. The first-order valence-corrected chi connectivity index (χ1v) is 5.29. The minimum atomic E-state index is -1.79. The highest BCUT2D eigenvalue weighted by Gasteiger charge is 2.19. The smallest absolute Gasteiger partial charge is 0.477 e. The van der Waals surface area contributed by atoms with Crippen LogP contribution in [0, 0.1) is 0 Å². The Bertz CT molecular complexity index is 683. The van der Waals surface area contributed by atoms with Crippen LogP contribution in [-0.2, 0) is 0 Å². The average Bonchev–Trinajstić information content (AvgIpc) is 2.38. The predicted molar refractivity (Wildman–Crippen MR) is 66.6 cm³/mol. The molecule has 0 aliphatic rings. The molecule has 0 amide bonds. The quantitative estimate of drug-likeness (QED) is 0.585. The van der Waals surface area contributed by atoms with E-state index in [9.17, 15) is 19.6 Å². The molecule has 0 spiro atoms. The van der Waals surface area contributed by atoms with E-state index >= 15 is 0 Å². The lowest BCUT2D eigenvalue weighted by Gasteiger charge is -2.10. The molecule has 0 unspecified atom stereocenters. The van der Waals surface area contributed by atoms with Crippen LogP contribution in [0.15, 0.2) is 41.3 Å². The summed E-state index contributed by atoms with van der Waals surface area (Å²) in [5.74, 6) is -1.37. The van der Waals surface area contributed by atoms with Gasteiger partial charge in [-0.1, -0.05) is 18.2 Å². The predicted octanol–water partition coefficient (Wildman–Crippen LogP) is -1.39. The van der Waals surface area contributed by atoms with Crippen molar-refractivity contribution >= 4 is 18.6 Å². The summed E-state index contributed by atoms with van der Waals surface area (Å²) in [5.41, 5.74) is -1.12. The van der Waals surface area contributed by atoms with Crippen LogP contribution < -0.4 is 11.0 Å². The van der Waals surface area contributed by atoms with Gasteiger partial charge in [0.25, 0.3) is 5.56 Å². The van der Waals surface area contributed by atoms with Crippen LogP contribution in [-0.4, -0.2) is 38.0 Å². The molecule has 0 bridgehead atoms. The highest BCUT2D eigenvalue weighted by atomic mass is 16.4. The van der Waals surface area contributed by atoms with Crippen LogP contribution in [0.1, 0.15) is 10.4 Å². The second kappa shape index (κ2) is 5.05. The van der Waals surface area contributed by atoms with E-state index in [1.54, 1.807) is 12.1 Å². The summed E-state index contributed by atoms with van der Waals surface area (Å²) in [6.07, 6.45) is 1.16. The van der Waals surface area contributed by atoms with Crippen molar-refractivity contribution in [3.05, 3.63) is 52.4 Å². The number of benzene rings is 1. The normalized spacial score (nSPS) is 10.2. The number of aromatic nitrogens is 2. The van der Waals surface area contributed by atoms with Crippen molar-refractivity contribution in [2.24, 2.45) is 0 Å². The number of carbonyl (C=O) groups is 1. The molecule has 1 aromatic carbocycles. The molecule has 8 heteroatoms. The van der Waals surface area contributed by atoms with E-state index in [4.69, 9.17) is 5.11 Å². The number of rotatable bonds is 3. The first-order chi connectivity index (χ1) is 9.02. The molecule has 19 heavy (non-hydrogen) atoms. The lowest BCUT2D eigenvalue weighted by Crippen LogP contribution is -2.37. The largest absolute Gasteiger partial charge is 0.490 e. The zero-order valence-electron chi connectivity index (χ0n) is 9.59. The van der Waals surface area contributed by atoms with Gasteiger partial charge in [0.15, 0.2) is 0 Å². The van der Waals surface area contributed by atoms with Gasteiger partial charge >= 0.3 is 13.1 Å². The highest BCUT2D eigenvalue weighted by Crippen LogP contribution is 2.01. The number of aromatic carboxylic acids is 1. The minimum Gasteiger partial charge on any atom is -0.477 e. The lowest BCUT2D eigenvalue weighted by atomic mass is 9.79. The number of nitrogens with zero attached hydrogens (tertiary/aromatic N) is 2. The van der Waals surface area contributed by atoms with Gasteiger partial charge in [-0.25, -0.2) is 4.79 Å². The maximum atomic E-state index is 11.9. The van der Waals surface area contributed by atoms with Gasteiger partial charge in [0.2, 0.25) is 0 Å². The number of hydrogen-bond acceptors (Lipinski definition) is 5. The fraction of sp³-hybridized carbons (Fsp3) is 0. The summed E-state index contributed by atoms with van der Waals surface area (Å²) in [6.45, 7) is 0. The van der Waals surface area contributed by atoms with Gasteiger partial charge in [-0.15, -0.1) is 0 Å². The van der Waals surface area contributed by atoms with Crippen molar-refractivity contribution in [3.63, 3.8) is 0 Å². The van der Waals surface area contributed by atoms with Gasteiger partial charge in [-0.05, 0) is 12.1 Å². The Balaban J connectivity index is 2.70. The Morgan fingerprint density at radius 2 is 1.89 bits per heavy atom. The van der Waals surface area contributed by atoms with Crippen LogP contribution in [0.2, 0.25) is 0 Å². The van der Waals surface area contributed by atoms with E-state index in [1.165, 1.54) is 12.1 Å². The van der Waals surface area contributed by atoms with Gasteiger partial charge in [0, 0.05) is 11.7 Å². The SMILES string of the molecule is O=C(O)c1ccnn(-c2ccccc2B(O)O)c1=O. The van der Waals surface area contributed by atoms with Gasteiger partial charge in [-0.3, -0.25) is 4.79 Å². The first kappa shape index (κ1) is 13.0. The molecule has 0 fully saturated rings. The summed E-state index contributed by atoms with van der Waals surface area (Å²) in [6, 6.07) is 7.06. The van der Waals surface area contributed by atoms with Crippen LogP contribution in [0.4, 0.5) is 0 Å². The van der Waals surface area contributed by atoms with E-state index < -0.39 is 24.2 Å². The maximum Gasteiger partial charge on any atom is 0.490 e. The number of carboxylic acids is 1. The van der Waals surface area contributed by atoms with Crippen molar-refractivity contribution in [3.8, 4) is 5.69 Å². The molecular weight excluding hydrogens is 251 g/mol. The van der Waals surface area contributed by atoms with Gasteiger partial charge in [0.1, 0.15) is 5.56 Å². The molecule has 0 atom stereocenters. The monoisotopic (exact) mass is 260 g/mol. The fourth-order valence-corrected chi connectivity index (χ4v) is 1.65. The molecule has 0 aliphatic heterocycles. The molecule has 3 N–H and O–H groups in total. The summed E-state index contributed by atoms with van der Waals surface area (Å²) in [5, 5.41) is 31.1. The Labute approximate surface area is 107 Å². The molecule has 0 saturated heterocycles. The third-order valence-corrected chi connectivity index (χ3v) is 2.52.